The van der Waals surface area contributed by atoms with E-state index in [0.717, 1.165) is 11.5 Å². The van der Waals surface area contributed by atoms with Gasteiger partial charge in [-0.15, -0.1) is 16.4 Å². The van der Waals surface area contributed by atoms with E-state index in [-0.39, 0.29) is 0 Å². The van der Waals surface area contributed by atoms with Crippen LogP contribution < -0.4 is 9.80 Å². The number of rotatable bonds is 4. The Labute approximate surface area is 140 Å². The number of anilines is 2. The lowest BCUT2D eigenvalue weighted by Gasteiger charge is -2.34. The fourth-order valence-corrected chi connectivity index (χ4v) is 5.01. The van der Waals surface area contributed by atoms with Crippen molar-refractivity contribution in [3.8, 4) is 0 Å². The molecule has 0 aliphatic carbocycles. The summed E-state index contributed by atoms with van der Waals surface area (Å²) in [4.78, 5) is 4.04. The maximum Gasteiger partial charge on any atom is 0.252 e. The minimum absolute atomic E-state index is 0.403. The van der Waals surface area contributed by atoms with Crippen molar-refractivity contribution in [2.45, 2.75) is 4.21 Å². The Kier molecular flexibility index (Phi) is 4.51. The second-order valence-corrected chi connectivity index (χ2v) is 8.60. The zero-order chi connectivity index (χ0) is 16.4. The van der Waals surface area contributed by atoms with Gasteiger partial charge in [-0.3, -0.25) is 0 Å². The number of aromatic nitrogens is 2. The summed E-state index contributed by atoms with van der Waals surface area (Å²) in [6.07, 6.45) is 1.71. The van der Waals surface area contributed by atoms with Crippen molar-refractivity contribution >= 4 is 32.9 Å². The van der Waals surface area contributed by atoms with Crippen LogP contribution >= 0.6 is 11.3 Å². The molecule has 9 heteroatoms. The Morgan fingerprint density at radius 2 is 1.96 bits per heavy atom. The molecule has 2 aromatic rings. The third kappa shape index (κ3) is 3.31. The summed E-state index contributed by atoms with van der Waals surface area (Å²) < 4.78 is 27.0. The summed E-state index contributed by atoms with van der Waals surface area (Å²) in [5.41, 5.74) is 0.976. The first-order valence-electron chi connectivity index (χ1n) is 7.27. The van der Waals surface area contributed by atoms with E-state index in [1.54, 1.807) is 28.0 Å². The SMILES string of the molecule is CN(C)c1cnnc(N2CCN(S(=O)(=O)c3cccs3)CC2)c1. The van der Waals surface area contributed by atoms with E-state index in [0.29, 0.717) is 30.4 Å². The molecule has 1 saturated heterocycles. The predicted octanol–water partition coefficient (Wildman–Crippen LogP) is 1.11. The van der Waals surface area contributed by atoms with Crippen molar-refractivity contribution in [1.29, 1.82) is 0 Å². The van der Waals surface area contributed by atoms with Crippen LogP contribution in [0.4, 0.5) is 11.5 Å². The molecule has 0 bridgehead atoms. The fraction of sp³-hybridized carbons (Fsp3) is 0.429. The lowest BCUT2D eigenvalue weighted by Crippen LogP contribution is -2.48. The van der Waals surface area contributed by atoms with Crippen LogP contribution in [0.1, 0.15) is 0 Å². The number of hydrogen-bond acceptors (Lipinski definition) is 7. The largest absolute Gasteiger partial charge is 0.376 e. The minimum Gasteiger partial charge on any atom is -0.376 e. The molecule has 7 nitrogen and oxygen atoms in total. The van der Waals surface area contributed by atoms with Crippen LogP contribution in [0.25, 0.3) is 0 Å². The van der Waals surface area contributed by atoms with Crippen molar-refractivity contribution in [3.05, 3.63) is 29.8 Å². The molecule has 3 rings (SSSR count). The molecule has 0 atom stereocenters. The molecule has 1 fully saturated rings. The van der Waals surface area contributed by atoms with Crippen LogP contribution in [0, 0.1) is 0 Å². The molecule has 1 aliphatic heterocycles. The van der Waals surface area contributed by atoms with Gasteiger partial charge in [-0.25, -0.2) is 8.42 Å². The Bertz CT molecular complexity index is 753. The summed E-state index contributed by atoms with van der Waals surface area (Å²) in [6.45, 7) is 2.12. The third-order valence-corrected chi connectivity index (χ3v) is 7.07. The minimum atomic E-state index is -3.36. The predicted molar refractivity (Wildman–Crippen MR) is 91.6 cm³/mol. The lowest BCUT2D eigenvalue weighted by atomic mass is 10.3. The summed E-state index contributed by atoms with van der Waals surface area (Å²) in [6, 6.07) is 5.38. The highest BCUT2D eigenvalue weighted by Gasteiger charge is 2.29. The molecule has 0 spiro atoms. The molecule has 124 valence electrons. The van der Waals surface area contributed by atoms with E-state index >= 15 is 0 Å². The van der Waals surface area contributed by atoms with Crippen molar-refractivity contribution in [1.82, 2.24) is 14.5 Å². The smallest absolute Gasteiger partial charge is 0.252 e. The van der Waals surface area contributed by atoms with Crippen molar-refractivity contribution in [2.24, 2.45) is 0 Å². The van der Waals surface area contributed by atoms with Gasteiger partial charge in [0.15, 0.2) is 5.82 Å². The Balaban J connectivity index is 1.70. The zero-order valence-corrected chi connectivity index (χ0v) is 14.7. The molecule has 0 aromatic carbocycles. The van der Waals surface area contributed by atoms with E-state index in [2.05, 4.69) is 15.1 Å². The first-order chi connectivity index (χ1) is 11.0. The van der Waals surface area contributed by atoms with Crippen LogP contribution in [-0.2, 0) is 10.0 Å². The molecule has 0 radical (unpaired) electrons. The third-order valence-electron chi connectivity index (χ3n) is 3.80. The van der Waals surface area contributed by atoms with Crippen molar-refractivity contribution in [2.75, 3.05) is 50.1 Å². The monoisotopic (exact) mass is 353 g/mol. The summed E-state index contributed by atoms with van der Waals surface area (Å²) >= 11 is 1.25. The van der Waals surface area contributed by atoms with E-state index in [9.17, 15) is 8.42 Å². The van der Waals surface area contributed by atoms with Gasteiger partial charge in [-0.1, -0.05) is 6.07 Å². The second-order valence-electron chi connectivity index (χ2n) is 5.49. The van der Waals surface area contributed by atoms with Gasteiger partial charge < -0.3 is 9.80 Å². The zero-order valence-electron chi connectivity index (χ0n) is 13.1. The van der Waals surface area contributed by atoms with Gasteiger partial charge in [0.05, 0.1) is 11.9 Å². The average molecular weight is 353 g/mol. The molecular formula is C14H19N5O2S2. The number of sulfonamides is 1. The van der Waals surface area contributed by atoms with Crippen LogP contribution in [0.15, 0.2) is 34.0 Å². The van der Waals surface area contributed by atoms with Gasteiger partial charge in [0.2, 0.25) is 0 Å². The van der Waals surface area contributed by atoms with Gasteiger partial charge in [0, 0.05) is 46.3 Å². The molecule has 0 unspecified atom stereocenters. The number of nitrogens with zero attached hydrogens (tertiary/aromatic N) is 5. The van der Waals surface area contributed by atoms with E-state index in [1.165, 1.54) is 11.3 Å². The van der Waals surface area contributed by atoms with E-state index < -0.39 is 10.0 Å². The first kappa shape index (κ1) is 16.2. The molecule has 2 aromatic heterocycles. The molecule has 0 saturated carbocycles. The molecule has 0 amide bonds. The lowest BCUT2D eigenvalue weighted by molar-refractivity contribution is 0.384. The highest BCUT2D eigenvalue weighted by atomic mass is 32.2. The quantitative estimate of drug-likeness (QED) is 0.820. The summed E-state index contributed by atoms with van der Waals surface area (Å²) in [5.74, 6) is 0.782. The molecule has 1 aliphatic rings. The Morgan fingerprint density at radius 3 is 2.57 bits per heavy atom. The highest BCUT2D eigenvalue weighted by Crippen LogP contribution is 2.24. The Morgan fingerprint density at radius 1 is 1.22 bits per heavy atom. The summed E-state index contributed by atoms with van der Waals surface area (Å²) in [5, 5.41) is 9.98. The summed E-state index contributed by atoms with van der Waals surface area (Å²) in [7, 11) is 0.536. The van der Waals surface area contributed by atoms with Gasteiger partial charge in [-0.05, 0) is 11.4 Å². The molecule has 0 N–H and O–H groups in total. The topological polar surface area (TPSA) is 69.6 Å². The molecular weight excluding hydrogens is 334 g/mol. The van der Waals surface area contributed by atoms with E-state index in [4.69, 9.17) is 0 Å². The number of piperazine rings is 1. The average Bonchev–Trinajstić information content (AvgIpc) is 3.10. The highest BCUT2D eigenvalue weighted by molar-refractivity contribution is 7.91. The maximum atomic E-state index is 12.5. The standard InChI is InChI=1S/C14H19N5O2S2/c1-17(2)12-10-13(16-15-11-12)18-5-7-19(8-6-18)23(20,21)14-4-3-9-22-14/h3-4,9-11H,5-8H2,1-2H3. The van der Waals surface area contributed by atoms with Crippen LogP contribution in [0.2, 0.25) is 0 Å². The number of hydrogen-bond donors (Lipinski definition) is 0. The molecule has 3 heterocycles. The normalized spacial score (nSPS) is 16.5. The van der Waals surface area contributed by atoms with E-state index in [1.807, 2.05) is 25.1 Å². The van der Waals surface area contributed by atoms with Gasteiger partial charge in [0.1, 0.15) is 4.21 Å². The molecule has 23 heavy (non-hydrogen) atoms. The van der Waals surface area contributed by atoms with Gasteiger partial charge in [0.25, 0.3) is 10.0 Å². The first-order valence-corrected chi connectivity index (χ1v) is 9.59. The van der Waals surface area contributed by atoms with Crippen LogP contribution in [-0.4, -0.2) is 63.2 Å². The second kappa shape index (κ2) is 6.42. The number of thiophene rings is 1. The van der Waals surface area contributed by atoms with Crippen LogP contribution in [0.3, 0.4) is 0 Å². The van der Waals surface area contributed by atoms with Crippen molar-refractivity contribution < 1.29 is 8.42 Å². The van der Waals surface area contributed by atoms with Gasteiger partial charge in [-0.2, -0.15) is 9.40 Å². The van der Waals surface area contributed by atoms with Crippen molar-refractivity contribution in [3.63, 3.8) is 0 Å². The fourth-order valence-electron chi connectivity index (χ4n) is 2.44. The van der Waals surface area contributed by atoms with Gasteiger partial charge >= 0.3 is 0 Å². The van der Waals surface area contributed by atoms with Crippen LogP contribution in [0.5, 0.6) is 0 Å². The maximum absolute atomic E-state index is 12.5. The Hall–Kier alpha value is -1.71.